The standard InChI is InChI=1S/C9H10N4O3/c14-8-6-12(5-4-10-8)9-7(13(15)16)2-1-3-11-9/h1-3H,4-6H2,(H,10,14). The van der Waals surface area contributed by atoms with Crippen molar-refractivity contribution in [1.29, 1.82) is 0 Å². The Morgan fingerprint density at radius 2 is 2.38 bits per heavy atom. The Bertz CT molecular complexity index is 435. The molecule has 7 nitrogen and oxygen atoms in total. The van der Waals surface area contributed by atoms with Gasteiger partial charge >= 0.3 is 5.69 Å². The van der Waals surface area contributed by atoms with E-state index in [1.165, 1.54) is 18.3 Å². The molecule has 0 unspecified atom stereocenters. The number of nitrogens with zero attached hydrogens (tertiary/aromatic N) is 3. The largest absolute Gasteiger partial charge is 0.353 e. The molecule has 0 spiro atoms. The molecule has 1 fully saturated rings. The summed E-state index contributed by atoms with van der Waals surface area (Å²) in [7, 11) is 0. The number of hydrogen-bond acceptors (Lipinski definition) is 5. The van der Waals surface area contributed by atoms with Gasteiger partial charge in [-0.3, -0.25) is 14.9 Å². The summed E-state index contributed by atoms with van der Waals surface area (Å²) in [5.74, 6) is 0.105. The summed E-state index contributed by atoms with van der Waals surface area (Å²) in [5.41, 5.74) is -0.0720. The van der Waals surface area contributed by atoms with Gasteiger partial charge in [-0.25, -0.2) is 4.98 Å². The second kappa shape index (κ2) is 4.13. The van der Waals surface area contributed by atoms with Crippen LogP contribution in [0.1, 0.15) is 0 Å². The van der Waals surface area contributed by atoms with E-state index in [0.29, 0.717) is 13.1 Å². The lowest BCUT2D eigenvalue weighted by atomic mass is 10.3. The first kappa shape index (κ1) is 10.3. The lowest BCUT2D eigenvalue weighted by Crippen LogP contribution is -2.48. The van der Waals surface area contributed by atoms with Crippen molar-refractivity contribution in [2.45, 2.75) is 0 Å². The molecule has 1 aliphatic rings. The normalized spacial score (nSPS) is 15.8. The van der Waals surface area contributed by atoms with Crippen LogP contribution >= 0.6 is 0 Å². The molecule has 84 valence electrons. The van der Waals surface area contributed by atoms with E-state index in [1.54, 1.807) is 4.90 Å². The number of carbonyl (C=O) groups is 1. The number of rotatable bonds is 2. The molecule has 1 amide bonds. The van der Waals surface area contributed by atoms with Crippen LogP contribution in [0, 0.1) is 10.1 Å². The highest BCUT2D eigenvalue weighted by molar-refractivity contribution is 5.83. The first-order chi connectivity index (χ1) is 7.68. The van der Waals surface area contributed by atoms with Gasteiger partial charge in [-0.1, -0.05) is 0 Å². The van der Waals surface area contributed by atoms with E-state index in [9.17, 15) is 14.9 Å². The van der Waals surface area contributed by atoms with E-state index in [-0.39, 0.29) is 24.0 Å². The Balaban J connectivity index is 2.32. The molecule has 0 bridgehead atoms. The number of anilines is 1. The molecule has 1 saturated heterocycles. The number of aromatic nitrogens is 1. The highest BCUT2D eigenvalue weighted by Crippen LogP contribution is 2.24. The molecule has 0 aromatic carbocycles. The van der Waals surface area contributed by atoms with Crippen LogP contribution in [0.4, 0.5) is 11.5 Å². The molecule has 1 N–H and O–H groups in total. The van der Waals surface area contributed by atoms with Gasteiger partial charge in [-0.15, -0.1) is 0 Å². The van der Waals surface area contributed by atoms with Gasteiger partial charge in [-0.05, 0) is 6.07 Å². The first-order valence-electron chi connectivity index (χ1n) is 4.79. The minimum atomic E-state index is -0.491. The van der Waals surface area contributed by atoms with Gasteiger partial charge in [0.25, 0.3) is 0 Å². The van der Waals surface area contributed by atoms with E-state index in [2.05, 4.69) is 10.3 Å². The highest BCUT2D eigenvalue weighted by Gasteiger charge is 2.24. The zero-order valence-electron chi connectivity index (χ0n) is 8.42. The zero-order chi connectivity index (χ0) is 11.5. The number of piperazine rings is 1. The van der Waals surface area contributed by atoms with Gasteiger partial charge in [0, 0.05) is 25.4 Å². The molecule has 1 aromatic heterocycles. The average molecular weight is 222 g/mol. The molecule has 7 heteroatoms. The van der Waals surface area contributed by atoms with Crippen LogP contribution in [0.15, 0.2) is 18.3 Å². The van der Waals surface area contributed by atoms with E-state index in [1.807, 2.05) is 0 Å². The molecule has 0 atom stereocenters. The summed E-state index contributed by atoms with van der Waals surface area (Å²) in [4.78, 5) is 27.0. The number of nitro groups is 1. The van der Waals surface area contributed by atoms with Crippen LogP contribution in [0.25, 0.3) is 0 Å². The smallest absolute Gasteiger partial charge is 0.311 e. The van der Waals surface area contributed by atoms with Crippen LogP contribution in [0.2, 0.25) is 0 Å². The third-order valence-electron chi connectivity index (χ3n) is 2.30. The number of amides is 1. The number of hydrogen-bond donors (Lipinski definition) is 1. The molecule has 0 radical (unpaired) electrons. The molecular weight excluding hydrogens is 212 g/mol. The van der Waals surface area contributed by atoms with Crippen molar-refractivity contribution in [3.05, 3.63) is 28.4 Å². The second-order valence-corrected chi connectivity index (χ2v) is 3.37. The Hall–Kier alpha value is -2.18. The van der Waals surface area contributed by atoms with Crippen LogP contribution < -0.4 is 10.2 Å². The van der Waals surface area contributed by atoms with Gasteiger partial charge in [0.05, 0.1) is 11.5 Å². The van der Waals surface area contributed by atoms with E-state index in [0.717, 1.165) is 0 Å². The Kier molecular flexibility index (Phi) is 2.67. The van der Waals surface area contributed by atoms with Crippen molar-refractivity contribution < 1.29 is 9.72 Å². The van der Waals surface area contributed by atoms with E-state index in [4.69, 9.17) is 0 Å². The fraction of sp³-hybridized carbons (Fsp3) is 0.333. The lowest BCUT2D eigenvalue weighted by Gasteiger charge is -2.26. The minimum absolute atomic E-state index is 0.0720. The lowest BCUT2D eigenvalue weighted by molar-refractivity contribution is -0.384. The molecule has 1 aromatic rings. The topological polar surface area (TPSA) is 88.4 Å². The van der Waals surface area contributed by atoms with Gasteiger partial charge in [0.15, 0.2) is 0 Å². The summed E-state index contributed by atoms with van der Waals surface area (Å²) in [6, 6.07) is 2.89. The predicted molar refractivity (Wildman–Crippen MR) is 56.1 cm³/mol. The third-order valence-corrected chi connectivity index (χ3v) is 2.30. The number of pyridine rings is 1. The molecule has 2 heterocycles. The van der Waals surface area contributed by atoms with Crippen molar-refractivity contribution in [3.63, 3.8) is 0 Å². The molecule has 2 rings (SSSR count). The zero-order valence-corrected chi connectivity index (χ0v) is 8.42. The fourth-order valence-corrected chi connectivity index (χ4v) is 1.59. The Morgan fingerprint density at radius 3 is 3.06 bits per heavy atom. The van der Waals surface area contributed by atoms with Crippen molar-refractivity contribution >= 4 is 17.4 Å². The fourth-order valence-electron chi connectivity index (χ4n) is 1.59. The van der Waals surface area contributed by atoms with E-state index >= 15 is 0 Å². The van der Waals surface area contributed by atoms with E-state index < -0.39 is 4.92 Å². The van der Waals surface area contributed by atoms with Crippen molar-refractivity contribution in [2.75, 3.05) is 24.5 Å². The summed E-state index contributed by atoms with van der Waals surface area (Å²) < 4.78 is 0. The molecule has 0 saturated carbocycles. The number of nitrogens with one attached hydrogen (secondary N) is 1. The SMILES string of the molecule is O=C1CN(c2ncccc2[N+](=O)[O-])CCN1. The maximum atomic E-state index is 11.2. The quantitative estimate of drug-likeness (QED) is 0.558. The van der Waals surface area contributed by atoms with Crippen molar-refractivity contribution in [1.82, 2.24) is 10.3 Å². The van der Waals surface area contributed by atoms with Gasteiger partial charge < -0.3 is 10.2 Å². The predicted octanol–water partition coefficient (Wildman–Crippen LogP) is -0.0740. The monoisotopic (exact) mass is 222 g/mol. The van der Waals surface area contributed by atoms with Crippen LogP contribution in [0.5, 0.6) is 0 Å². The van der Waals surface area contributed by atoms with Crippen LogP contribution in [0.3, 0.4) is 0 Å². The maximum absolute atomic E-state index is 11.2. The summed E-state index contributed by atoms with van der Waals surface area (Å²) in [6.45, 7) is 1.12. The van der Waals surface area contributed by atoms with Gasteiger partial charge in [0.2, 0.25) is 11.7 Å². The van der Waals surface area contributed by atoms with Gasteiger partial charge in [-0.2, -0.15) is 0 Å². The third kappa shape index (κ3) is 1.92. The molecular formula is C9H10N4O3. The summed E-state index contributed by atoms with van der Waals surface area (Å²) in [5, 5.41) is 13.4. The first-order valence-corrected chi connectivity index (χ1v) is 4.79. The highest BCUT2D eigenvalue weighted by atomic mass is 16.6. The average Bonchev–Trinajstić information content (AvgIpc) is 2.29. The molecule has 16 heavy (non-hydrogen) atoms. The molecule has 0 aliphatic carbocycles. The van der Waals surface area contributed by atoms with Crippen LogP contribution in [-0.4, -0.2) is 35.4 Å². The summed E-state index contributed by atoms with van der Waals surface area (Å²) >= 11 is 0. The molecule has 1 aliphatic heterocycles. The van der Waals surface area contributed by atoms with Gasteiger partial charge in [0.1, 0.15) is 0 Å². The number of carbonyl (C=O) groups excluding carboxylic acids is 1. The van der Waals surface area contributed by atoms with Crippen molar-refractivity contribution in [2.24, 2.45) is 0 Å². The van der Waals surface area contributed by atoms with Crippen molar-refractivity contribution in [3.8, 4) is 0 Å². The second-order valence-electron chi connectivity index (χ2n) is 3.37. The minimum Gasteiger partial charge on any atom is -0.353 e. The Labute approximate surface area is 91.2 Å². The maximum Gasteiger partial charge on any atom is 0.311 e. The van der Waals surface area contributed by atoms with Crippen LogP contribution in [-0.2, 0) is 4.79 Å². The summed E-state index contributed by atoms with van der Waals surface area (Å²) in [6.07, 6.45) is 1.48. The Morgan fingerprint density at radius 1 is 1.56 bits per heavy atom.